The molecule has 0 aromatic heterocycles. The van der Waals surface area contributed by atoms with Gasteiger partial charge in [0, 0.05) is 0 Å². The van der Waals surface area contributed by atoms with Crippen LogP contribution in [0, 0.1) is 28.6 Å². The molecule has 0 spiro atoms. The predicted molar refractivity (Wildman–Crippen MR) is 77.5 cm³/mol. The van der Waals surface area contributed by atoms with Gasteiger partial charge in [-0.2, -0.15) is 0 Å². The normalized spacial score (nSPS) is 40.8. The Kier molecular flexibility index (Phi) is 3.55. The van der Waals surface area contributed by atoms with Gasteiger partial charge in [0.2, 0.25) is 0 Å². The number of fused-ring (bicyclic) bond motifs is 1. The lowest BCUT2D eigenvalue weighted by molar-refractivity contribution is 0.0484. The van der Waals surface area contributed by atoms with Gasteiger partial charge in [0.25, 0.3) is 0 Å². The molecule has 2 aliphatic carbocycles. The minimum atomic E-state index is 0.392. The quantitative estimate of drug-likeness (QED) is 0.624. The smallest absolute Gasteiger partial charge is 0.0786 e. The number of hydrogen-bond acceptors (Lipinski definition) is 1. The summed E-state index contributed by atoms with van der Waals surface area (Å²) in [6.45, 7) is 12.1. The van der Waals surface area contributed by atoms with E-state index in [1.807, 2.05) is 0 Å². The van der Waals surface area contributed by atoms with E-state index in [0.717, 1.165) is 18.3 Å². The van der Waals surface area contributed by atoms with Crippen molar-refractivity contribution in [3.8, 4) is 0 Å². The minimum Gasteiger partial charge on any atom is -0.516 e. The van der Waals surface area contributed by atoms with E-state index in [1.54, 1.807) is 0 Å². The predicted octanol–water partition coefficient (Wildman–Crippen LogP) is 5.33. The molecule has 104 valence electrons. The Balaban J connectivity index is 2.26. The van der Waals surface area contributed by atoms with Crippen LogP contribution in [0.4, 0.5) is 0 Å². The summed E-state index contributed by atoms with van der Waals surface area (Å²) in [7, 11) is 0. The molecule has 4 atom stereocenters. The van der Waals surface area contributed by atoms with Gasteiger partial charge >= 0.3 is 0 Å². The molecular formula is C17H30O. The highest BCUT2D eigenvalue weighted by molar-refractivity contribution is 5.17. The van der Waals surface area contributed by atoms with E-state index in [0.29, 0.717) is 16.7 Å². The highest BCUT2D eigenvalue weighted by Gasteiger charge is 2.52. The maximum atomic E-state index is 9.48. The summed E-state index contributed by atoms with van der Waals surface area (Å²) < 4.78 is 0. The molecule has 4 unspecified atom stereocenters. The van der Waals surface area contributed by atoms with Crippen LogP contribution in [-0.4, -0.2) is 5.11 Å². The molecule has 0 aliphatic heterocycles. The molecule has 0 heterocycles. The fraction of sp³-hybridized carbons (Fsp3) is 0.882. The standard InChI is InChI=1S/C17H30O/c1-12(16(2,3)4)14-8-9-15-13(11-18)7-6-10-17(14,15)5/h11-12,14-15,18H,6-10H2,1-5H3/b13-11+. The third-order valence-electron chi connectivity index (χ3n) is 6.17. The van der Waals surface area contributed by atoms with Crippen molar-refractivity contribution in [2.75, 3.05) is 0 Å². The Hall–Kier alpha value is -0.460. The average molecular weight is 250 g/mol. The van der Waals surface area contributed by atoms with E-state index >= 15 is 0 Å². The number of rotatable bonds is 1. The molecule has 1 N–H and O–H groups in total. The molecule has 0 amide bonds. The first-order chi connectivity index (χ1) is 8.30. The van der Waals surface area contributed by atoms with Crippen LogP contribution >= 0.6 is 0 Å². The van der Waals surface area contributed by atoms with Crippen molar-refractivity contribution in [3.05, 3.63) is 11.8 Å². The minimum absolute atomic E-state index is 0.392. The van der Waals surface area contributed by atoms with Crippen molar-refractivity contribution < 1.29 is 5.11 Å². The van der Waals surface area contributed by atoms with Crippen molar-refractivity contribution in [2.45, 2.75) is 66.7 Å². The molecule has 1 heteroatoms. The monoisotopic (exact) mass is 250 g/mol. The third-order valence-corrected chi connectivity index (χ3v) is 6.17. The summed E-state index contributed by atoms with van der Waals surface area (Å²) in [5, 5.41) is 9.48. The van der Waals surface area contributed by atoms with Crippen molar-refractivity contribution in [1.29, 1.82) is 0 Å². The lowest BCUT2D eigenvalue weighted by atomic mass is 9.58. The van der Waals surface area contributed by atoms with Crippen LogP contribution in [-0.2, 0) is 0 Å². The first-order valence-corrected chi connectivity index (χ1v) is 7.64. The zero-order chi connectivity index (χ0) is 13.6. The number of hydrogen-bond donors (Lipinski definition) is 1. The van der Waals surface area contributed by atoms with Crippen LogP contribution < -0.4 is 0 Å². The summed E-state index contributed by atoms with van der Waals surface area (Å²) in [6, 6.07) is 0. The molecule has 2 saturated carbocycles. The summed E-state index contributed by atoms with van der Waals surface area (Å²) >= 11 is 0. The molecule has 0 radical (unpaired) electrons. The van der Waals surface area contributed by atoms with Gasteiger partial charge in [-0.05, 0) is 66.3 Å². The number of aliphatic hydroxyl groups excluding tert-OH is 1. The molecule has 0 aromatic rings. The van der Waals surface area contributed by atoms with Gasteiger partial charge in [0.05, 0.1) is 6.26 Å². The van der Waals surface area contributed by atoms with Crippen molar-refractivity contribution in [3.63, 3.8) is 0 Å². The zero-order valence-electron chi connectivity index (χ0n) is 12.8. The SMILES string of the molecule is CC(C1CCC2/C(=C/O)CCCC21C)C(C)(C)C. The van der Waals surface area contributed by atoms with Gasteiger partial charge < -0.3 is 5.11 Å². The molecule has 2 aliphatic rings. The van der Waals surface area contributed by atoms with Crippen molar-refractivity contribution in [2.24, 2.45) is 28.6 Å². The Morgan fingerprint density at radius 2 is 2.00 bits per heavy atom. The van der Waals surface area contributed by atoms with Gasteiger partial charge in [-0.15, -0.1) is 0 Å². The van der Waals surface area contributed by atoms with E-state index in [9.17, 15) is 5.11 Å². The Morgan fingerprint density at radius 3 is 2.56 bits per heavy atom. The molecule has 0 bridgehead atoms. The lowest BCUT2D eigenvalue weighted by Crippen LogP contribution is -2.39. The summed E-state index contributed by atoms with van der Waals surface area (Å²) in [6.07, 6.45) is 7.78. The van der Waals surface area contributed by atoms with E-state index in [1.165, 1.54) is 37.5 Å². The maximum Gasteiger partial charge on any atom is 0.0786 e. The van der Waals surface area contributed by atoms with Crippen LogP contribution in [0.25, 0.3) is 0 Å². The molecular weight excluding hydrogens is 220 g/mol. The first kappa shape index (κ1) is 14.0. The molecule has 0 saturated heterocycles. The van der Waals surface area contributed by atoms with Gasteiger partial charge in [-0.25, -0.2) is 0 Å². The average Bonchev–Trinajstić information content (AvgIpc) is 2.63. The van der Waals surface area contributed by atoms with Crippen LogP contribution in [0.2, 0.25) is 0 Å². The Morgan fingerprint density at radius 1 is 1.33 bits per heavy atom. The van der Waals surface area contributed by atoms with Gasteiger partial charge in [-0.1, -0.05) is 34.6 Å². The lowest BCUT2D eigenvalue weighted by Gasteiger charge is -2.47. The molecule has 2 fully saturated rings. The van der Waals surface area contributed by atoms with Crippen LogP contribution in [0.5, 0.6) is 0 Å². The van der Waals surface area contributed by atoms with Crippen molar-refractivity contribution >= 4 is 0 Å². The second-order valence-corrected chi connectivity index (χ2v) is 7.95. The number of allylic oxidation sites excluding steroid dienone is 1. The molecule has 2 rings (SSSR count). The van der Waals surface area contributed by atoms with Crippen LogP contribution in [0.15, 0.2) is 11.8 Å². The highest BCUT2D eigenvalue weighted by Crippen LogP contribution is 2.61. The zero-order valence-corrected chi connectivity index (χ0v) is 12.8. The fourth-order valence-electron chi connectivity index (χ4n) is 4.66. The topological polar surface area (TPSA) is 20.2 Å². The van der Waals surface area contributed by atoms with E-state index < -0.39 is 0 Å². The summed E-state index contributed by atoms with van der Waals surface area (Å²) in [5.74, 6) is 2.22. The van der Waals surface area contributed by atoms with E-state index in [-0.39, 0.29) is 0 Å². The summed E-state index contributed by atoms with van der Waals surface area (Å²) in [4.78, 5) is 0. The second-order valence-electron chi connectivity index (χ2n) is 7.95. The third kappa shape index (κ3) is 2.10. The Bertz CT molecular complexity index is 336. The van der Waals surface area contributed by atoms with Gasteiger partial charge in [0.15, 0.2) is 0 Å². The molecule has 18 heavy (non-hydrogen) atoms. The Labute approximate surface area is 113 Å². The molecule has 1 nitrogen and oxygen atoms in total. The largest absolute Gasteiger partial charge is 0.516 e. The van der Waals surface area contributed by atoms with Crippen molar-refractivity contribution in [1.82, 2.24) is 0 Å². The van der Waals surface area contributed by atoms with E-state index in [4.69, 9.17) is 0 Å². The summed E-state index contributed by atoms with van der Waals surface area (Å²) in [5.41, 5.74) is 2.15. The van der Waals surface area contributed by atoms with Crippen LogP contribution in [0.1, 0.15) is 66.7 Å². The van der Waals surface area contributed by atoms with Crippen LogP contribution in [0.3, 0.4) is 0 Å². The molecule has 0 aromatic carbocycles. The van der Waals surface area contributed by atoms with E-state index in [2.05, 4.69) is 34.6 Å². The highest BCUT2D eigenvalue weighted by atomic mass is 16.2. The first-order valence-electron chi connectivity index (χ1n) is 7.64. The fourth-order valence-corrected chi connectivity index (χ4v) is 4.66. The second kappa shape index (κ2) is 4.58. The maximum absolute atomic E-state index is 9.48. The number of aliphatic hydroxyl groups is 1. The van der Waals surface area contributed by atoms with Gasteiger partial charge in [-0.3, -0.25) is 0 Å². The van der Waals surface area contributed by atoms with Gasteiger partial charge in [0.1, 0.15) is 0 Å².